The Morgan fingerprint density at radius 1 is 0.963 bits per heavy atom. The van der Waals surface area contributed by atoms with E-state index < -0.39 is 0 Å². The maximum absolute atomic E-state index is 12.3. The Morgan fingerprint density at radius 3 is 2.48 bits per heavy atom. The molecular weight excluding hydrogens is 427 g/mol. The zero-order valence-electron chi connectivity index (χ0n) is 14.9. The van der Waals surface area contributed by atoms with Crippen molar-refractivity contribution in [2.75, 3.05) is 32.7 Å². The van der Waals surface area contributed by atoms with Crippen LogP contribution < -0.4 is 22.1 Å². The Labute approximate surface area is 176 Å². The highest BCUT2D eigenvalue weighted by Gasteiger charge is 2.21. The molecule has 0 aliphatic rings. The summed E-state index contributed by atoms with van der Waals surface area (Å²) in [6.45, 7) is 3.53. The molecule has 0 unspecified atom stereocenters. The van der Waals surface area contributed by atoms with Gasteiger partial charge in [-0.15, -0.1) is 11.3 Å². The molecule has 2 rings (SSSR count). The number of nitrogens with zero attached hydrogens (tertiary/aromatic N) is 2. The molecule has 1 amide bonds. The van der Waals surface area contributed by atoms with Crippen LogP contribution >= 0.6 is 45.9 Å². The predicted octanol–water partition coefficient (Wildman–Crippen LogP) is 2.52. The second kappa shape index (κ2) is 11.9. The number of aromatic nitrogens is 2. The van der Waals surface area contributed by atoms with Crippen LogP contribution in [0.5, 0.6) is 0 Å². The molecule has 150 valence electrons. The van der Waals surface area contributed by atoms with Crippen molar-refractivity contribution in [1.29, 1.82) is 0 Å². The summed E-state index contributed by atoms with van der Waals surface area (Å²) in [4.78, 5) is 21.1. The Kier molecular flexibility index (Phi) is 9.91. The quantitative estimate of drug-likeness (QED) is 0.368. The smallest absolute Gasteiger partial charge is 0.272 e. The average molecular weight is 451 g/mol. The zero-order chi connectivity index (χ0) is 19.6. The molecule has 0 radical (unpaired) electrons. The molecule has 0 aliphatic carbocycles. The third-order valence-electron chi connectivity index (χ3n) is 3.62. The van der Waals surface area contributed by atoms with Gasteiger partial charge >= 0.3 is 0 Å². The lowest BCUT2D eigenvalue weighted by Gasteiger charge is -2.05. The molecule has 27 heavy (non-hydrogen) atoms. The van der Waals surface area contributed by atoms with Crippen LogP contribution in [0, 0.1) is 0 Å². The first kappa shape index (κ1) is 22.5. The lowest BCUT2D eigenvalue weighted by atomic mass is 10.3. The first-order chi connectivity index (χ1) is 13.1. The SMILES string of the molecule is NCCCCNCCCNC(=O)c1nc(-c2nc(CCN)sc2Cl)sc1Cl. The molecule has 0 atom stereocenters. The highest BCUT2D eigenvalue weighted by Crippen LogP contribution is 2.37. The molecule has 2 aromatic heterocycles. The van der Waals surface area contributed by atoms with Gasteiger partial charge in [-0.3, -0.25) is 4.79 Å². The van der Waals surface area contributed by atoms with Crippen molar-refractivity contribution in [3.05, 3.63) is 19.4 Å². The highest BCUT2D eigenvalue weighted by atomic mass is 35.5. The Bertz CT molecular complexity index is 737. The lowest BCUT2D eigenvalue weighted by Crippen LogP contribution is -2.28. The summed E-state index contributed by atoms with van der Waals surface area (Å²) in [6, 6.07) is 0. The Hall–Kier alpha value is -0.810. The van der Waals surface area contributed by atoms with Crippen molar-refractivity contribution in [2.24, 2.45) is 11.5 Å². The van der Waals surface area contributed by atoms with Gasteiger partial charge in [0, 0.05) is 13.0 Å². The van der Waals surface area contributed by atoms with Gasteiger partial charge in [-0.25, -0.2) is 9.97 Å². The number of halogens is 2. The molecule has 7 nitrogen and oxygen atoms in total. The van der Waals surface area contributed by atoms with E-state index in [1.807, 2.05) is 0 Å². The first-order valence-corrected chi connectivity index (χ1v) is 11.2. The summed E-state index contributed by atoms with van der Waals surface area (Å²) in [5.41, 5.74) is 11.8. The van der Waals surface area contributed by atoms with Gasteiger partial charge in [0.05, 0.1) is 5.01 Å². The van der Waals surface area contributed by atoms with Gasteiger partial charge in [0.1, 0.15) is 19.4 Å². The molecule has 0 spiro atoms. The number of carbonyl (C=O) groups excluding carboxylic acids is 1. The number of hydrogen-bond acceptors (Lipinski definition) is 8. The minimum Gasteiger partial charge on any atom is -0.351 e. The van der Waals surface area contributed by atoms with Crippen LogP contribution in [0.25, 0.3) is 10.7 Å². The van der Waals surface area contributed by atoms with Crippen molar-refractivity contribution in [2.45, 2.75) is 25.7 Å². The molecular formula is C16H24Cl2N6OS2. The number of unbranched alkanes of at least 4 members (excludes halogenated alkanes) is 1. The minimum atomic E-state index is -0.292. The maximum atomic E-state index is 12.3. The van der Waals surface area contributed by atoms with Crippen LogP contribution in [0.1, 0.15) is 34.8 Å². The Morgan fingerprint density at radius 2 is 1.74 bits per heavy atom. The van der Waals surface area contributed by atoms with E-state index >= 15 is 0 Å². The van der Waals surface area contributed by atoms with Gasteiger partial charge in [-0.1, -0.05) is 34.5 Å². The Balaban J connectivity index is 1.85. The number of hydrogen-bond donors (Lipinski definition) is 4. The number of nitrogens with two attached hydrogens (primary N) is 2. The van der Waals surface area contributed by atoms with Crippen LogP contribution in [0.2, 0.25) is 8.67 Å². The van der Waals surface area contributed by atoms with E-state index in [0.29, 0.717) is 45.4 Å². The number of amides is 1. The summed E-state index contributed by atoms with van der Waals surface area (Å²) >= 11 is 15.0. The fourth-order valence-corrected chi connectivity index (χ4v) is 4.72. The molecule has 0 fully saturated rings. The third-order valence-corrected chi connectivity index (χ3v) is 6.19. The van der Waals surface area contributed by atoms with Gasteiger partial charge in [-0.05, 0) is 45.4 Å². The number of rotatable bonds is 12. The summed E-state index contributed by atoms with van der Waals surface area (Å²) in [5.74, 6) is -0.292. The molecule has 0 saturated heterocycles. The van der Waals surface area contributed by atoms with Crippen LogP contribution in [-0.4, -0.2) is 48.6 Å². The monoisotopic (exact) mass is 450 g/mol. The minimum absolute atomic E-state index is 0.206. The van der Waals surface area contributed by atoms with Gasteiger partial charge < -0.3 is 22.1 Å². The number of nitrogens with one attached hydrogen (secondary N) is 2. The van der Waals surface area contributed by atoms with E-state index in [2.05, 4.69) is 20.6 Å². The molecule has 2 aromatic rings. The molecule has 0 saturated carbocycles. The topological polar surface area (TPSA) is 119 Å². The normalized spacial score (nSPS) is 11.1. The van der Waals surface area contributed by atoms with Gasteiger partial charge in [0.25, 0.3) is 5.91 Å². The van der Waals surface area contributed by atoms with Crippen LogP contribution in [0.4, 0.5) is 0 Å². The summed E-state index contributed by atoms with van der Waals surface area (Å²) in [5, 5.41) is 7.53. The summed E-state index contributed by atoms with van der Waals surface area (Å²) < 4.78 is 0.850. The van der Waals surface area contributed by atoms with Crippen molar-refractivity contribution in [1.82, 2.24) is 20.6 Å². The lowest BCUT2D eigenvalue weighted by molar-refractivity contribution is 0.0949. The van der Waals surface area contributed by atoms with E-state index in [0.717, 1.165) is 37.4 Å². The molecule has 2 heterocycles. The fourth-order valence-electron chi connectivity index (χ4n) is 2.27. The highest BCUT2D eigenvalue weighted by molar-refractivity contribution is 7.20. The number of thiazole rings is 2. The average Bonchev–Trinajstić information content (AvgIpc) is 3.20. The second-order valence-electron chi connectivity index (χ2n) is 5.77. The summed E-state index contributed by atoms with van der Waals surface area (Å²) in [7, 11) is 0. The number of carbonyl (C=O) groups is 1. The predicted molar refractivity (Wildman–Crippen MR) is 114 cm³/mol. The van der Waals surface area contributed by atoms with Gasteiger partial charge in [0.15, 0.2) is 5.69 Å². The standard InChI is InChI=1S/C16H24Cl2N6OS2/c17-13-11(15(25)22-9-3-8-21-7-2-1-5-19)24-16(27-13)12-14(18)26-10(23-12)4-6-20/h21H,1-9,19-20H2,(H,22,25). The van der Waals surface area contributed by atoms with E-state index in [4.69, 9.17) is 34.7 Å². The second-order valence-corrected chi connectivity index (χ2v) is 9.05. The molecule has 0 aromatic carbocycles. The maximum Gasteiger partial charge on any atom is 0.272 e. The van der Waals surface area contributed by atoms with Gasteiger partial charge in [-0.2, -0.15) is 0 Å². The van der Waals surface area contributed by atoms with Crippen molar-refractivity contribution < 1.29 is 4.79 Å². The molecule has 0 aliphatic heterocycles. The fraction of sp³-hybridized carbons (Fsp3) is 0.562. The van der Waals surface area contributed by atoms with E-state index in [-0.39, 0.29) is 11.6 Å². The zero-order valence-corrected chi connectivity index (χ0v) is 18.0. The first-order valence-electron chi connectivity index (χ1n) is 8.77. The van der Waals surface area contributed by atoms with Crippen molar-refractivity contribution in [3.63, 3.8) is 0 Å². The van der Waals surface area contributed by atoms with Crippen molar-refractivity contribution >= 4 is 51.8 Å². The molecule has 11 heteroatoms. The van der Waals surface area contributed by atoms with E-state index in [1.165, 1.54) is 22.7 Å². The van der Waals surface area contributed by atoms with Gasteiger partial charge in [0.2, 0.25) is 0 Å². The van der Waals surface area contributed by atoms with E-state index in [9.17, 15) is 4.79 Å². The van der Waals surface area contributed by atoms with Crippen LogP contribution in [0.15, 0.2) is 0 Å². The molecule has 0 bridgehead atoms. The molecule has 6 N–H and O–H groups in total. The van der Waals surface area contributed by atoms with Crippen molar-refractivity contribution in [3.8, 4) is 10.7 Å². The summed E-state index contributed by atoms with van der Waals surface area (Å²) in [6.07, 6.45) is 3.55. The van der Waals surface area contributed by atoms with E-state index in [1.54, 1.807) is 0 Å². The van der Waals surface area contributed by atoms with Crippen LogP contribution in [-0.2, 0) is 6.42 Å². The largest absolute Gasteiger partial charge is 0.351 e. The van der Waals surface area contributed by atoms with Crippen LogP contribution in [0.3, 0.4) is 0 Å². The third kappa shape index (κ3) is 6.94.